The van der Waals surface area contributed by atoms with Crippen molar-refractivity contribution in [2.45, 2.75) is 24.8 Å². The highest BCUT2D eigenvalue weighted by atomic mass is 19.4. The predicted octanol–water partition coefficient (Wildman–Crippen LogP) is 6.88. The summed E-state index contributed by atoms with van der Waals surface area (Å²) in [5.41, 5.74) is 0.983. The Morgan fingerprint density at radius 2 is 1.20 bits per heavy atom. The van der Waals surface area contributed by atoms with E-state index in [-0.39, 0.29) is 17.7 Å². The van der Waals surface area contributed by atoms with Gasteiger partial charge in [-0.1, -0.05) is 48.5 Å². The van der Waals surface area contributed by atoms with Crippen molar-refractivity contribution in [3.63, 3.8) is 0 Å². The van der Waals surface area contributed by atoms with Gasteiger partial charge in [0.1, 0.15) is 6.04 Å². The summed E-state index contributed by atoms with van der Waals surface area (Å²) in [5.74, 6) is -1.94. The third-order valence-electron chi connectivity index (χ3n) is 6.08. The van der Waals surface area contributed by atoms with Crippen molar-refractivity contribution in [1.82, 2.24) is 10.3 Å². The predicted molar refractivity (Wildman–Crippen MR) is 134 cm³/mol. The van der Waals surface area contributed by atoms with E-state index >= 15 is 0 Å². The Morgan fingerprint density at radius 1 is 0.700 bits per heavy atom. The lowest BCUT2D eigenvalue weighted by Crippen LogP contribution is -2.42. The lowest BCUT2D eigenvalue weighted by molar-refractivity contribution is -0.139. The number of nitrogens with zero attached hydrogens (tertiary/aromatic N) is 1. The quantitative estimate of drug-likeness (QED) is 0.243. The number of halogens is 6. The minimum absolute atomic E-state index is 0.0536. The first kappa shape index (κ1) is 28.3. The molecule has 0 saturated heterocycles. The van der Waals surface area contributed by atoms with Crippen molar-refractivity contribution in [3.05, 3.63) is 113 Å². The molecule has 2 N–H and O–H groups in total. The summed E-state index contributed by atoms with van der Waals surface area (Å²) >= 11 is 0. The number of rotatable bonds is 7. The Labute approximate surface area is 224 Å². The van der Waals surface area contributed by atoms with E-state index in [0.29, 0.717) is 28.5 Å². The molecule has 40 heavy (non-hydrogen) atoms. The van der Waals surface area contributed by atoms with Gasteiger partial charge in [-0.2, -0.15) is 26.3 Å². The molecule has 4 aromatic rings. The molecule has 1 heterocycles. The molecule has 1 atom stereocenters. The largest absolute Gasteiger partial charge is 0.480 e. The Hall–Kier alpha value is -4.67. The fourth-order valence-electron chi connectivity index (χ4n) is 3.89. The monoisotopic (exact) mass is 558 g/mol. The van der Waals surface area contributed by atoms with E-state index in [1.165, 1.54) is 42.5 Å². The minimum atomic E-state index is -4.51. The molecule has 0 spiro atoms. The smallest absolute Gasteiger partial charge is 0.417 e. The van der Waals surface area contributed by atoms with Crippen molar-refractivity contribution in [3.8, 4) is 22.4 Å². The number of aliphatic carboxylic acids is 1. The van der Waals surface area contributed by atoms with Gasteiger partial charge >= 0.3 is 18.3 Å². The molecule has 0 bridgehead atoms. The molecule has 0 fully saturated rings. The van der Waals surface area contributed by atoms with Crippen molar-refractivity contribution in [2.24, 2.45) is 0 Å². The van der Waals surface area contributed by atoms with Crippen LogP contribution < -0.4 is 5.32 Å². The number of alkyl halides is 6. The maximum absolute atomic E-state index is 12.8. The molecule has 206 valence electrons. The summed E-state index contributed by atoms with van der Waals surface area (Å²) in [7, 11) is 0. The Bertz CT molecular complexity index is 1480. The third kappa shape index (κ3) is 6.85. The highest BCUT2D eigenvalue weighted by Gasteiger charge is 2.31. The van der Waals surface area contributed by atoms with Crippen LogP contribution in [0.25, 0.3) is 22.4 Å². The normalized spacial score (nSPS) is 12.6. The lowest BCUT2D eigenvalue weighted by atomic mass is 9.99. The fraction of sp³-hybridized carbons (Fsp3) is 0.138. The van der Waals surface area contributed by atoms with Gasteiger partial charge < -0.3 is 10.4 Å². The molecule has 0 aliphatic heterocycles. The van der Waals surface area contributed by atoms with E-state index in [4.69, 9.17) is 0 Å². The van der Waals surface area contributed by atoms with Gasteiger partial charge in [-0.05, 0) is 53.1 Å². The van der Waals surface area contributed by atoms with Gasteiger partial charge in [-0.25, -0.2) is 4.79 Å². The van der Waals surface area contributed by atoms with Gasteiger partial charge in [-0.15, -0.1) is 0 Å². The molecule has 0 aliphatic rings. The average Bonchev–Trinajstić information content (AvgIpc) is 2.92. The van der Waals surface area contributed by atoms with Gasteiger partial charge in [-0.3, -0.25) is 9.78 Å². The molecule has 1 amide bonds. The first-order valence-corrected chi connectivity index (χ1v) is 11.8. The number of nitrogens with one attached hydrogen (secondary N) is 1. The molecule has 4 rings (SSSR count). The summed E-state index contributed by atoms with van der Waals surface area (Å²) in [5, 5.41) is 12.1. The van der Waals surface area contributed by atoms with Gasteiger partial charge in [0.25, 0.3) is 5.91 Å². The average molecular weight is 558 g/mol. The Kier molecular flexibility index (Phi) is 7.94. The number of pyridine rings is 1. The minimum Gasteiger partial charge on any atom is -0.480 e. The number of carbonyl (C=O) groups is 2. The van der Waals surface area contributed by atoms with Crippen LogP contribution >= 0.6 is 0 Å². The number of hydrogen-bond donors (Lipinski definition) is 2. The zero-order chi connectivity index (χ0) is 29.1. The maximum Gasteiger partial charge on any atom is 0.417 e. The van der Waals surface area contributed by atoms with Crippen molar-refractivity contribution in [2.75, 3.05) is 0 Å². The first-order chi connectivity index (χ1) is 18.8. The topological polar surface area (TPSA) is 79.3 Å². The molecule has 11 heteroatoms. The number of carboxylic acids is 1. The van der Waals surface area contributed by atoms with Crippen LogP contribution in [0.1, 0.15) is 27.0 Å². The van der Waals surface area contributed by atoms with E-state index in [0.717, 1.165) is 18.2 Å². The van der Waals surface area contributed by atoms with Crippen LogP contribution in [0.4, 0.5) is 26.3 Å². The number of carboxylic acid groups (broad SMARTS) is 1. The molecule has 0 aliphatic carbocycles. The summed E-state index contributed by atoms with van der Waals surface area (Å²) in [6, 6.07) is 17.8. The summed E-state index contributed by atoms with van der Waals surface area (Å²) in [6.07, 6.45) is -8.29. The lowest BCUT2D eigenvalue weighted by Gasteiger charge is -2.15. The van der Waals surface area contributed by atoms with Crippen LogP contribution in [-0.2, 0) is 23.6 Å². The van der Waals surface area contributed by atoms with Crippen molar-refractivity contribution in [1.29, 1.82) is 0 Å². The SMILES string of the molecule is O=C(N[C@@H](Cc1ccc(-c2ccc(C(F)(F)F)cc2)cc1)C(=O)O)c1ccc(-c2ccc(C(F)(F)F)cn2)cc1. The molecule has 5 nitrogen and oxygen atoms in total. The second-order valence-electron chi connectivity index (χ2n) is 8.85. The van der Waals surface area contributed by atoms with Crippen LogP contribution in [0.15, 0.2) is 91.1 Å². The standard InChI is InChI=1S/C29H20F6N2O3/c30-28(31,32)22-11-9-19(10-12-22)18-3-1-17(2-4-18)15-25(27(39)40)37-26(38)21-7-5-20(6-8-21)24-14-13-23(16-36-24)29(33,34)35/h1-14,16,25H,15H2,(H,37,38)(H,39,40)/t25-/m0/s1. The fourth-order valence-corrected chi connectivity index (χ4v) is 3.89. The Morgan fingerprint density at radius 3 is 1.68 bits per heavy atom. The molecule has 3 aromatic carbocycles. The van der Waals surface area contributed by atoms with Gasteiger partial charge in [0, 0.05) is 23.7 Å². The summed E-state index contributed by atoms with van der Waals surface area (Å²) in [4.78, 5) is 28.3. The molecule has 0 saturated carbocycles. The first-order valence-electron chi connectivity index (χ1n) is 11.8. The third-order valence-corrected chi connectivity index (χ3v) is 6.08. The van der Waals surface area contributed by atoms with E-state index in [1.54, 1.807) is 24.3 Å². The Balaban J connectivity index is 1.40. The van der Waals surface area contributed by atoms with E-state index < -0.39 is 41.4 Å². The van der Waals surface area contributed by atoms with Crippen LogP contribution in [0.3, 0.4) is 0 Å². The number of carbonyl (C=O) groups excluding carboxylic acids is 1. The molecular weight excluding hydrogens is 538 g/mol. The number of aromatic nitrogens is 1. The van der Waals surface area contributed by atoms with E-state index in [9.17, 15) is 41.0 Å². The zero-order valence-electron chi connectivity index (χ0n) is 20.4. The van der Waals surface area contributed by atoms with Crippen LogP contribution in [0.5, 0.6) is 0 Å². The number of hydrogen-bond acceptors (Lipinski definition) is 3. The van der Waals surface area contributed by atoms with E-state index in [1.807, 2.05) is 0 Å². The van der Waals surface area contributed by atoms with Crippen LogP contribution in [0, 0.1) is 0 Å². The second kappa shape index (κ2) is 11.2. The van der Waals surface area contributed by atoms with E-state index in [2.05, 4.69) is 10.3 Å². The molecule has 0 radical (unpaired) electrons. The second-order valence-corrected chi connectivity index (χ2v) is 8.85. The van der Waals surface area contributed by atoms with Crippen molar-refractivity contribution < 1.29 is 41.0 Å². The highest BCUT2D eigenvalue weighted by molar-refractivity contribution is 5.97. The zero-order valence-corrected chi connectivity index (χ0v) is 20.4. The number of benzene rings is 3. The summed E-state index contributed by atoms with van der Waals surface area (Å²) < 4.78 is 76.6. The maximum atomic E-state index is 12.8. The van der Waals surface area contributed by atoms with Crippen LogP contribution in [-0.4, -0.2) is 28.0 Å². The van der Waals surface area contributed by atoms with Gasteiger partial charge in [0.15, 0.2) is 0 Å². The molecular formula is C29H20F6N2O3. The molecule has 0 unspecified atom stereocenters. The van der Waals surface area contributed by atoms with Crippen LogP contribution in [0.2, 0.25) is 0 Å². The van der Waals surface area contributed by atoms with Crippen molar-refractivity contribution >= 4 is 11.9 Å². The molecule has 1 aromatic heterocycles. The highest BCUT2D eigenvalue weighted by Crippen LogP contribution is 2.31. The van der Waals surface area contributed by atoms with Gasteiger partial charge in [0.05, 0.1) is 16.8 Å². The number of amides is 1. The summed E-state index contributed by atoms with van der Waals surface area (Å²) in [6.45, 7) is 0. The van der Waals surface area contributed by atoms with Gasteiger partial charge in [0.2, 0.25) is 0 Å².